The number of rotatable bonds is 3. The van der Waals surface area contributed by atoms with Gasteiger partial charge in [0, 0.05) is 18.0 Å². The van der Waals surface area contributed by atoms with Crippen LogP contribution in [0.1, 0.15) is 19.4 Å². The molecule has 0 bridgehead atoms. The van der Waals surface area contributed by atoms with Crippen molar-refractivity contribution < 1.29 is 4.74 Å². The normalized spacial score (nSPS) is 10.2. The molecule has 1 aromatic carbocycles. The number of aromatic nitrogens is 2. The predicted molar refractivity (Wildman–Crippen MR) is 72.4 cm³/mol. The van der Waals surface area contributed by atoms with Crippen LogP contribution in [0.15, 0.2) is 30.6 Å². The summed E-state index contributed by atoms with van der Waals surface area (Å²) in [7, 11) is 0. The van der Waals surface area contributed by atoms with Crippen LogP contribution in [0.5, 0.6) is 5.75 Å². The van der Waals surface area contributed by atoms with Crippen LogP contribution in [0.4, 0.5) is 5.95 Å². The summed E-state index contributed by atoms with van der Waals surface area (Å²) >= 11 is 0. The fourth-order valence-corrected chi connectivity index (χ4v) is 1.63. The lowest BCUT2D eigenvalue weighted by Crippen LogP contribution is -2.06. The average molecular weight is 254 g/mol. The summed E-state index contributed by atoms with van der Waals surface area (Å²) in [5.41, 5.74) is 7.67. The Balaban J connectivity index is 2.43. The maximum Gasteiger partial charge on any atom is 0.219 e. The Labute approximate surface area is 111 Å². The number of hydrogen-bond donors (Lipinski definition) is 1. The van der Waals surface area contributed by atoms with Crippen molar-refractivity contribution in [3.63, 3.8) is 0 Å². The third kappa shape index (κ3) is 2.99. The van der Waals surface area contributed by atoms with Gasteiger partial charge in [0.05, 0.1) is 11.7 Å². The van der Waals surface area contributed by atoms with Gasteiger partial charge in [0.25, 0.3) is 0 Å². The van der Waals surface area contributed by atoms with Gasteiger partial charge in [-0.05, 0) is 31.5 Å². The molecule has 0 radical (unpaired) electrons. The van der Waals surface area contributed by atoms with E-state index in [-0.39, 0.29) is 12.1 Å². The Morgan fingerprint density at radius 3 is 2.47 bits per heavy atom. The number of nitriles is 1. The van der Waals surface area contributed by atoms with E-state index in [9.17, 15) is 0 Å². The molecule has 1 heterocycles. The molecule has 0 unspecified atom stereocenters. The molecule has 96 valence electrons. The van der Waals surface area contributed by atoms with E-state index < -0.39 is 0 Å². The molecular formula is C14H14N4O. The van der Waals surface area contributed by atoms with Crippen LogP contribution in [-0.2, 0) is 0 Å². The number of nitrogens with zero attached hydrogens (tertiary/aromatic N) is 3. The van der Waals surface area contributed by atoms with Crippen molar-refractivity contribution in [3.05, 3.63) is 36.2 Å². The van der Waals surface area contributed by atoms with Crippen molar-refractivity contribution in [2.45, 2.75) is 20.0 Å². The third-order valence-corrected chi connectivity index (χ3v) is 2.47. The van der Waals surface area contributed by atoms with E-state index in [2.05, 4.69) is 16.0 Å². The van der Waals surface area contributed by atoms with Gasteiger partial charge in [-0.3, -0.25) is 0 Å². The molecular weight excluding hydrogens is 240 g/mol. The molecule has 0 atom stereocenters. The zero-order valence-electron chi connectivity index (χ0n) is 10.8. The van der Waals surface area contributed by atoms with Crippen LogP contribution in [0.2, 0.25) is 0 Å². The molecule has 0 aliphatic heterocycles. The van der Waals surface area contributed by atoms with Gasteiger partial charge in [-0.1, -0.05) is 6.07 Å². The number of ether oxygens (including phenoxy) is 1. The fourth-order valence-electron chi connectivity index (χ4n) is 1.63. The summed E-state index contributed by atoms with van der Waals surface area (Å²) < 4.78 is 5.63. The largest absolute Gasteiger partial charge is 0.490 e. The Bertz CT molecular complexity index is 614. The van der Waals surface area contributed by atoms with Gasteiger partial charge in [0.1, 0.15) is 11.8 Å². The highest BCUT2D eigenvalue weighted by atomic mass is 16.5. The molecule has 19 heavy (non-hydrogen) atoms. The first-order valence-electron chi connectivity index (χ1n) is 5.89. The van der Waals surface area contributed by atoms with Crippen LogP contribution in [0, 0.1) is 11.3 Å². The first kappa shape index (κ1) is 12.8. The molecule has 1 aromatic heterocycles. The van der Waals surface area contributed by atoms with Crippen LogP contribution in [-0.4, -0.2) is 16.1 Å². The van der Waals surface area contributed by atoms with Crippen LogP contribution in [0.3, 0.4) is 0 Å². The Hall–Kier alpha value is -2.61. The molecule has 2 N–H and O–H groups in total. The Morgan fingerprint density at radius 2 is 1.89 bits per heavy atom. The van der Waals surface area contributed by atoms with Crippen molar-refractivity contribution in [1.29, 1.82) is 5.26 Å². The summed E-state index contributed by atoms with van der Waals surface area (Å²) in [6.45, 7) is 3.83. The maximum atomic E-state index is 9.06. The molecule has 0 amide bonds. The highest BCUT2D eigenvalue weighted by Gasteiger charge is 2.08. The molecule has 0 aliphatic carbocycles. The van der Waals surface area contributed by atoms with Crippen LogP contribution >= 0.6 is 0 Å². The molecule has 0 saturated heterocycles. The van der Waals surface area contributed by atoms with Crippen LogP contribution in [0.25, 0.3) is 11.1 Å². The second kappa shape index (κ2) is 5.36. The monoisotopic (exact) mass is 254 g/mol. The van der Waals surface area contributed by atoms with Crippen molar-refractivity contribution in [1.82, 2.24) is 9.97 Å². The minimum Gasteiger partial charge on any atom is -0.490 e. The molecule has 0 aliphatic rings. The summed E-state index contributed by atoms with van der Waals surface area (Å²) in [6.07, 6.45) is 3.29. The number of benzene rings is 1. The maximum absolute atomic E-state index is 9.06. The molecule has 2 aromatic rings. The fraction of sp³-hybridized carbons (Fsp3) is 0.214. The van der Waals surface area contributed by atoms with E-state index in [1.165, 1.54) is 0 Å². The molecule has 5 heteroatoms. The smallest absolute Gasteiger partial charge is 0.219 e. The second-order valence-corrected chi connectivity index (χ2v) is 4.32. The highest BCUT2D eigenvalue weighted by molar-refractivity contribution is 5.66. The average Bonchev–Trinajstić information content (AvgIpc) is 2.39. The van der Waals surface area contributed by atoms with Gasteiger partial charge in [0.15, 0.2) is 0 Å². The first-order valence-corrected chi connectivity index (χ1v) is 5.89. The quantitative estimate of drug-likeness (QED) is 0.908. The summed E-state index contributed by atoms with van der Waals surface area (Å²) in [6, 6.07) is 7.48. The van der Waals surface area contributed by atoms with Crippen molar-refractivity contribution in [2.24, 2.45) is 0 Å². The lowest BCUT2D eigenvalue weighted by molar-refractivity contribution is 0.242. The summed E-state index contributed by atoms with van der Waals surface area (Å²) in [4.78, 5) is 7.90. The number of nitrogens with two attached hydrogens (primary N) is 1. The summed E-state index contributed by atoms with van der Waals surface area (Å²) in [5, 5.41) is 9.06. The van der Waals surface area contributed by atoms with Crippen LogP contribution < -0.4 is 10.5 Å². The highest BCUT2D eigenvalue weighted by Crippen LogP contribution is 2.27. The molecule has 2 rings (SSSR count). The topological polar surface area (TPSA) is 84.8 Å². The van der Waals surface area contributed by atoms with E-state index in [1.54, 1.807) is 18.5 Å². The predicted octanol–water partition coefficient (Wildman–Crippen LogP) is 2.38. The molecule has 0 saturated carbocycles. The SMILES string of the molecule is CC(C)Oc1cc(-c2cnc(N)nc2)ccc1C#N. The number of anilines is 1. The van der Waals surface area contributed by atoms with Gasteiger partial charge in [-0.25, -0.2) is 9.97 Å². The van der Waals surface area contributed by atoms with Crippen molar-refractivity contribution in [3.8, 4) is 22.9 Å². The Kier molecular flexibility index (Phi) is 3.62. The molecule has 0 spiro atoms. The molecule has 5 nitrogen and oxygen atoms in total. The first-order chi connectivity index (χ1) is 9.10. The zero-order chi connectivity index (χ0) is 13.8. The number of hydrogen-bond acceptors (Lipinski definition) is 5. The van der Waals surface area contributed by atoms with Crippen molar-refractivity contribution >= 4 is 5.95 Å². The van der Waals surface area contributed by atoms with Gasteiger partial charge < -0.3 is 10.5 Å². The second-order valence-electron chi connectivity index (χ2n) is 4.32. The van der Waals surface area contributed by atoms with Crippen molar-refractivity contribution in [2.75, 3.05) is 5.73 Å². The van der Waals surface area contributed by atoms with Gasteiger partial charge in [-0.15, -0.1) is 0 Å². The van der Waals surface area contributed by atoms with E-state index in [4.69, 9.17) is 15.7 Å². The van der Waals surface area contributed by atoms with Gasteiger partial charge in [0.2, 0.25) is 5.95 Å². The summed E-state index contributed by atoms with van der Waals surface area (Å²) in [5.74, 6) is 0.794. The Morgan fingerprint density at radius 1 is 1.21 bits per heavy atom. The minimum absolute atomic E-state index is 0.00465. The minimum atomic E-state index is 0.00465. The van der Waals surface area contributed by atoms with E-state index >= 15 is 0 Å². The van der Waals surface area contributed by atoms with Gasteiger partial charge >= 0.3 is 0 Å². The molecule has 0 fully saturated rings. The standard InChI is InChI=1S/C14H14N4O/c1-9(2)19-13-5-10(3-4-11(13)6-15)12-7-17-14(16)18-8-12/h3-5,7-9H,1-2H3,(H2,16,17,18). The lowest BCUT2D eigenvalue weighted by atomic mass is 10.1. The van der Waals surface area contributed by atoms with E-state index in [1.807, 2.05) is 26.0 Å². The third-order valence-electron chi connectivity index (χ3n) is 2.47. The number of nitrogen functional groups attached to an aromatic ring is 1. The van der Waals surface area contributed by atoms with Gasteiger partial charge in [-0.2, -0.15) is 5.26 Å². The van der Waals surface area contributed by atoms with E-state index in [0.29, 0.717) is 11.3 Å². The zero-order valence-corrected chi connectivity index (χ0v) is 10.8. The van der Waals surface area contributed by atoms with E-state index in [0.717, 1.165) is 11.1 Å². The lowest BCUT2D eigenvalue weighted by Gasteiger charge is -2.12.